The first-order chi connectivity index (χ1) is 35.6. The van der Waals surface area contributed by atoms with E-state index in [1.165, 1.54) is 0 Å². The van der Waals surface area contributed by atoms with Crippen molar-refractivity contribution in [2.45, 2.75) is 58.3 Å². The lowest BCUT2D eigenvalue weighted by atomic mass is 9.12. The summed E-state index contributed by atoms with van der Waals surface area (Å²) < 4.78 is 346. The van der Waals surface area contributed by atoms with E-state index in [0.717, 1.165) is 0 Å². The summed E-state index contributed by atoms with van der Waals surface area (Å²) in [5.74, 6) is -0.506. The van der Waals surface area contributed by atoms with Crippen molar-refractivity contribution in [3.05, 3.63) is 183 Å². The van der Waals surface area contributed by atoms with Gasteiger partial charge in [-0.05, 0) is 72.1 Å². The van der Waals surface area contributed by atoms with Gasteiger partial charge < -0.3 is 4.74 Å². The zero-order valence-corrected chi connectivity index (χ0v) is 42.5. The fraction of sp³-hybridized carbons (Fsp3) is 0.213. The highest BCUT2D eigenvalue weighted by atomic mass is 80.0. The van der Waals surface area contributed by atoms with Crippen LogP contribution in [0, 0.1) is 0 Å². The van der Waals surface area contributed by atoms with E-state index in [0.29, 0.717) is 11.1 Å². The monoisotopic (exact) mass is 1350 g/mol. The van der Waals surface area contributed by atoms with Crippen molar-refractivity contribution in [3.8, 4) is 0 Å². The molecule has 0 amide bonds. The molecule has 0 saturated heterocycles. The van der Waals surface area contributed by atoms with Crippen LogP contribution < -0.4 is 26.4 Å². The molecule has 0 atom stereocenters. The van der Waals surface area contributed by atoms with Gasteiger partial charge in [0.25, 0.3) is 2.33 Å². The van der Waals surface area contributed by atoms with Crippen molar-refractivity contribution < 1.29 is 124 Å². The quantitative estimate of drug-likeness (QED) is 0.0381. The van der Waals surface area contributed by atoms with E-state index in [4.69, 9.17) is 4.74 Å². The highest BCUT2D eigenvalue weighted by molar-refractivity contribution is 9.39. The number of pyridine rings is 1. The van der Waals surface area contributed by atoms with Gasteiger partial charge in [-0.25, -0.2) is 4.79 Å². The summed E-state index contributed by atoms with van der Waals surface area (Å²) in [7, 11) is 0. The third-order valence-corrected chi connectivity index (χ3v) is 11.7. The summed E-state index contributed by atoms with van der Waals surface area (Å²) in [4.78, 5) is 23.9. The van der Waals surface area contributed by atoms with Gasteiger partial charge in [-0.2, -0.15) is 132 Å². The maximum Gasteiger partial charge on any atom is 0.416 e. The summed E-state index contributed by atoms with van der Waals surface area (Å²) in [5, 5.41) is 0. The predicted molar refractivity (Wildman–Crippen MR) is 242 cm³/mol. The number of ether oxygens (including phenoxy) is 1. The number of hydrogen-bond donors (Lipinski definition) is 0. The van der Waals surface area contributed by atoms with Gasteiger partial charge in [-0.1, -0.05) is 78.9 Å². The molecule has 426 valence electrons. The highest BCUT2D eigenvalue weighted by Crippen LogP contribution is 2.42. The normalized spacial score (nSPS) is 13.4. The molecule has 4 nitrogen and oxygen atoms in total. The van der Waals surface area contributed by atoms with Crippen LogP contribution in [0.2, 0.25) is 0 Å². The Hall–Kier alpha value is -5.79. The molecule has 1 heterocycles. The zero-order chi connectivity index (χ0) is 60.1. The number of carbonyl (C=O) groups is 2. The molecule has 0 unspecified atom stereocenters. The van der Waals surface area contributed by atoms with Gasteiger partial charge in [0.05, 0.1) is 50.1 Å². The van der Waals surface area contributed by atoms with Gasteiger partial charge in [0.2, 0.25) is 12.3 Å². The summed E-state index contributed by atoms with van der Waals surface area (Å²) in [6.45, 7) is 0.207. The first-order valence-electron chi connectivity index (χ1n) is 20.8. The Morgan fingerprint density at radius 2 is 0.608 bits per heavy atom. The fourth-order valence-electron chi connectivity index (χ4n) is 7.81. The number of aromatic nitrogens is 1. The van der Waals surface area contributed by atoms with E-state index >= 15 is 0 Å². The molecule has 6 rings (SSSR count). The van der Waals surface area contributed by atoms with E-state index < -0.39 is 203 Å². The SMILES string of the molecule is FC(F)(F)c1cc([B-](c2cc(C(F)(F)F)cc(C(F)(F)F)c2)(c2cc(C(F)(F)F)cc(C(F)(F)F)c2)c2cc(C(F)(F)F)cc(C(F)(F)F)c2)cc(C(F)(F)F)c1.O=C(C[n+]1ccc(C(=O)OC(Br)(Br)Br)cc1)c1ccccc1. The van der Waals surface area contributed by atoms with Crippen LogP contribution in [-0.4, -0.2) is 20.2 Å². The highest BCUT2D eigenvalue weighted by Gasteiger charge is 2.47. The van der Waals surface area contributed by atoms with Crippen molar-refractivity contribution in [2.24, 2.45) is 0 Å². The maximum absolute atomic E-state index is 14.2. The third kappa shape index (κ3) is 16.0. The Kier molecular flexibility index (Phi) is 18.1. The molecule has 0 aliphatic rings. The Morgan fingerprint density at radius 3 is 0.823 bits per heavy atom. The van der Waals surface area contributed by atoms with Crippen molar-refractivity contribution in [3.63, 3.8) is 0 Å². The number of esters is 1. The summed E-state index contributed by atoms with van der Waals surface area (Å²) in [6, 6.07) is 3.44. The molecular weight excluding hydrogens is 1330 g/mol. The van der Waals surface area contributed by atoms with E-state index in [9.17, 15) is 115 Å². The minimum atomic E-state index is -6.13. The lowest BCUT2D eigenvalue weighted by Crippen LogP contribution is -2.75. The molecular formula is C47H23BBr3F24NO3. The first kappa shape index (κ1) is 64.0. The second-order valence-electron chi connectivity index (χ2n) is 16.6. The van der Waals surface area contributed by atoms with Crippen LogP contribution in [0.4, 0.5) is 105 Å². The van der Waals surface area contributed by atoms with Crippen LogP contribution >= 0.6 is 47.8 Å². The van der Waals surface area contributed by atoms with E-state index in [2.05, 4.69) is 47.8 Å². The largest absolute Gasteiger partial charge is 0.423 e. The number of alkyl halides is 27. The predicted octanol–water partition coefficient (Wildman–Crippen LogP) is 15.0. The van der Waals surface area contributed by atoms with Gasteiger partial charge >= 0.3 is 55.4 Å². The first-order valence-corrected chi connectivity index (χ1v) is 23.2. The number of halogens is 27. The average Bonchev–Trinajstić information content (AvgIpc) is 3.34. The molecule has 0 aliphatic carbocycles. The molecule has 79 heavy (non-hydrogen) atoms. The fourth-order valence-corrected chi connectivity index (χ4v) is 8.26. The Bertz CT molecular complexity index is 2760. The second kappa shape index (κ2) is 22.3. The molecule has 0 fully saturated rings. The summed E-state index contributed by atoms with van der Waals surface area (Å²) >= 11 is 9.27. The Balaban J connectivity index is 0.000000433. The third-order valence-electron chi connectivity index (χ3n) is 11.2. The van der Waals surface area contributed by atoms with Gasteiger partial charge in [-0.15, -0.1) is 0 Å². The second-order valence-corrected chi connectivity index (χ2v) is 23.1. The minimum Gasteiger partial charge on any atom is -0.423 e. The number of nitrogens with zero attached hydrogens (tertiary/aromatic N) is 1. The number of Topliss-reactive ketones (excluding diaryl/α,β-unsaturated/α-hetero) is 1. The van der Waals surface area contributed by atoms with E-state index in [-0.39, 0.29) is 12.3 Å². The maximum atomic E-state index is 14.2. The van der Waals surface area contributed by atoms with Crippen LogP contribution in [0.3, 0.4) is 0 Å². The molecule has 5 aromatic carbocycles. The van der Waals surface area contributed by atoms with Crippen LogP contribution in [-0.2, 0) is 60.7 Å². The van der Waals surface area contributed by atoms with Gasteiger partial charge in [0, 0.05) is 17.7 Å². The molecule has 0 bridgehead atoms. The van der Waals surface area contributed by atoms with Crippen LogP contribution in [0.5, 0.6) is 0 Å². The standard InChI is InChI=1S/C32H12BF24.C15H11Br3NO3/c34-25(35,36)13-1-14(26(37,38)39)6-21(5-13)33(22-7-15(27(40,41)42)2-16(8-22)28(43,44)45,23-9-17(29(46,47)48)3-18(10-23)30(49,50)51)24-11-19(31(52,53)54)4-20(12-24)32(55,56)57;16-15(17,18)22-14(21)12-6-8-19(9-7-12)10-13(20)11-4-2-1-3-5-11/h1-12H;1-9H,10H2/q-1;+1. The molecule has 0 aliphatic heterocycles. The molecule has 0 radical (unpaired) electrons. The summed E-state index contributed by atoms with van der Waals surface area (Å²) in [5.41, 5.74) is -29.2. The number of hydrogen-bond acceptors (Lipinski definition) is 3. The molecule has 6 aromatic rings. The Labute approximate surface area is 451 Å². The van der Waals surface area contributed by atoms with Crippen molar-refractivity contribution in [1.29, 1.82) is 0 Å². The van der Waals surface area contributed by atoms with Crippen LogP contribution in [0.25, 0.3) is 0 Å². The lowest BCUT2D eigenvalue weighted by Gasteiger charge is -2.46. The topological polar surface area (TPSA) is 47.2 Å². The van der Waals surface area contributed by atoms with Gasteiger partial charge in [0.15, 0.2) is 12.4 Å². The number of ketones is 1. The summed E-state index contributed by atoms with van der Waals surface area (Å²) in [6.07, 6.45) is -51.5. The lowest BCUT2D eigenvalue weighted by molar-refractivity contribution is -0.683. The molecule has 0 N–H and O–H groups in total. The molecule has 32 heteroatoms. The van der Waals surface area contributed by atoms with Crippen LogP contribution in [0.1, 0.15) is 65.2 Å². The van der Waals surface area contributed by atoms with Gasteiger partial charge in [-0.3, -0.25) is 4.79 Å². The van der Waals surface area contributed by atoms with E-state index in [1.807, 2.05) is 18.2 Å². The number of carbonyl (C=O) groups excluding carboxylic acids is 2. The van der Waals surface area contributed by atoms with Crippen molar-refractivity contribution in [1.82, 2.24) is 0 Å². The van der Waals surface area contributed by atoms with Gasteiger partial charge in [0.1, 0.15) is 6.15 Å². The van der Waals surface area contributed by atoms with E-state index in [1.54, 1.807) is 41.2 Å². The zero-order valence-electron chi connectivity index (χ0n) is 37.8. The molecule has 1 aromatic heterocycles. The number of benzene rings is 5. The Morgan fingerprint density at radius 1 is 0.367 bits per heavy atom. The van der Waals surface area contributed by atoms with Crippen LogP contribution in [0.15, 0.2) is 128 Å². The minimum absolute atomic E-state index is 0.00122. The molecule has 0 spiro atoms. The smallest absolute Gasteiger partial charge is 0.416 e. The average molecular weight is 1360 g/mol. The molecule has 0 saturated carbocycles. The van der Waals surface area contributed by atoms with Crippen molar-refractivity contribution in [2.75, 3.05) is 0 Å². The van der Waals surface area contributed by atoms with Crippen molar-refractivity contribution >= 4 is 87.5 Å². The number of rotatable bonds is 8.